The molecule has 2 aromatic heterocycles. The van der Waals surface area contributed by atoms with Crippen LogP contribution in [0.25, 0.3) is 21.5 Å². The van der Waals surface area contributed by atoms with Gasteiger partial charge in [0.25, 0.3) is 5.56 Å². The number of carbonyl (C=O) groups is 1. The molecule has 0 bridgehead atoms. The molecule has 1 N–H and O–H groups in total. The van der Waals surface area contributed by atoms with Crippen molar-refractivity contribution >= 4 is 33.1 Å². The summed E-state index contributed by atoms with van der Waals surface area (Å²) < 4.78 is 27.9. The number of nitrogens with one attached hydrogen (secondary N) is 1. The zero-order valence-electron chi connectivity index (χ0n) is 15.1. The van der Waals surface area contributed by atoms with Gasteiger partial charge >= 0.3 is 0 Å². The Morgan fingerprint density at radius 3 is 2.34 bits per heavy atom. The number of hydrogen-bond donors (Lipinski definition) is 1. The van der Waals surface area contributed by atoms with E-state index in [4.69, 9.17) is 0 Å². The van der Waals surface area contributed by atoms with Gasteiger partial charge in [0, 0.05) is 11.3 Å². The fraction of sp³-hybridized carbons (Fsp3) is 0.100. The molecule has 1 amide bonds. The maximum atomic E-state index is 13.3. The summed E-state index contributed by atoms with van der Waals surface area (Å²) in [4.78, 5) is 29.4. The van der Waals surface area contributed by atoms with E-state index in [9.17, 15) is 18.4 Å². The maximum absolute atomic E-state index is 13.3. The number of rotatable bonds is 4. The fourth-order valence-electron chi connectivity index (χ4n) is 2.84. The van der Waals surface area contributed by atoms with Gasteiger partial charge < -0.3 is 5.32 Å². The number of aromatic nitrogens is 3. The molecule has 0 fully saturated rings. The molecule has 9 heteroatoms. The van der Waals surface area contributed by atoms with Crippen molar-refractivity contribution in [3.05, 3.63) is 75.5 Å². The molecule has 6 nitrogen and oxygen atoms in total. The van der Waals surface area contributed by atoms with Crippen LogP contribution >= 0.6 is 11.3 Å². The molecule has 4 rings (SSSR count). The van der Waals surface area contributed by atoms with Crippen molar-refractivity contribution in [1.29, 1.82) is 0 Å². The smallest absolute Gasteiger partial charge is 0.294 e. The summed E-state index contributed by atoms with van der Waals surface area (Å²) in [6.45, 7) is 1.42. The van der Waals surface area contributed by atoms with Crippen molar-refractivity contribution in [3.63, 3.8) is 0 Å². The van der Waals surface area contributed by atoms with E-state index in [-0.39, 0.29) is 12.1 Å². The van der Waals surface area contributed by atoms with E-state index in [1.165, 1.54) is 47.7 Å². The van der Waals surface area contributed by atoms with Gasteiger partial charge in [0.05, 0.1) is 9.71 Å². The summed E-state index contributed by atoms with van der Waals surface area (Å²) in [7, 11) is 0. The first kappa shape index (κ1) is 18.9. The van der Waals surface area contributed by atoms with E-state index in [2.05, 4.69) is 15.4 Å². The molecule has 2 heterocycles. The Kier molecular flexibility index (Phi) is 4.89. The number of aryl methyl sites for hydroxylation is 1. The number of nitrogens with zero attached hydrogens (tertiary/aromatic N) is 3. The third kappa shape index (κ3) is 3.90. The van der Waals surface area contributed by atoms with Gasteiger partial charge in [0.15, 0.2) is 5.52 Å². The van der Waals surface area contributed by atoms with Gasteiger partial charge in [-0.25, -0.2) is 18.4 Å². The average molecular weight is 412 g/mol. The van der Waals surface area contributed by atoms with Gasteiger partial charge in [-0.3, -0.25) is 9.59 Å². The molecule has 2 aromatic carbocycles. The Balaban J connectivity index is 1.73. The Bertz CT molecular complexity index is 1260. The lowest BCUT2D eigenvalue weighted by Crippen LogP contribution is -2.30. The number of anilines is 1. The van der Waals surface area contributed by atoms with Crippen molar-refractivity contribution < 1.29 is 13.6 Å². The number of thiazole rings is 1. The van der Waals surface area contributed by atoms with Crippen molar-refractivity contribution in [2.75, 3.05) is 5.32 Å². The molecule has 0 radical (unpaired) electrons. The predicted molar refractivity (Wildman–Crippen MR) is 107 cm³/mol. The Hall–Kier alpha value is -3.46. The highest BCUT2D eigenvalue weighted by Gasteiger charge is 2.18. The molecule has 146 valence electrons. The molecule has 0 saturated carbocycles. The highest BCUT2D eigenvalue weighted by molar-refractivity contribution is 7.19. The molecular formula is C20H14F2N4O2S. The van der Waals surface area contributed by atoms with Gasteiger partial charge in [-0.15, -0.1) is 11.3 Å². The number of amides is 1. The van der Waals surface area contributed by atoms with Crippen molar-refractivity contribution in [1.82, 2.24) is 14.8 Å². The molecule has 29 heavy (non-hydrogen) atoms. The normalized spacial score (nSPS) is 11.0. The van der Waals surface area contributed by atoms with Crippen LogP contribution in [0.2, 0.25) is 0 Å². The standard InChI is InChI=1S/C20H14F2N4O2S/c1-11-23-18-19(29-11)17(12-2-4-13(21)5-3-12)25-26(20(18)28)10-16(27)24-15-8-6-14(22)7-9-15/h2-9H,10H2,1H3,(H,24,27). The van der Waals surface area contributed by atoms with Crippen molar-refractivity contribution in [2.45, 2.75) is 13.5 Å². The van der Waals surface area contributed by atoms with Gasteiger partial charge in [-0.05, 0) is 55.5 Å². The van der Waals surface area contributed by atoms with Crippen LogP contribution < -0.4 is 10.9 Å². The minimum Gasteiger partial charge on any atom is -0.324 e. The predicted octanol–water partition coefficient (Wildman–Crippen LogP) is 3.75. The summed E-state index contributed by atoms with van der Waals surface area (Å²) >= 11 is 1.31. The summed E-state index contributed by atoms with van der Waals surface area (Å²) in [5.41, 5.74) is 1.15. The van der Waals surface area contributed by atoms with Crippen LogP contribution in [0.5, 0.6) is 0 Å². The summed E-state index contributed by atoms with van der Waals surface area (Å²) in [5.74, 6) is -1.31. The molecule has 0 saturated heterocycles. The molecule has 0 atom stereocenters. The van der Waals surface area contributed by atoms with Gasteiger partial charge in [0.2, 0.25) is 5.91 Å². The summed E-state index contributed by atoms with van der Waals surface area (Å²) in [6, 6.07) is 11.0. The lowest BCUT2D eigenvalue weighted by molar-refractivity contribution is -0.117. The van der Waals surface area contributed by atoms with Crippen LogP contribution in [-0.2, 0) is 11.3 Å². The van der Waals surface area contributed by atoms with Gasteiger partial charge in [0.1, 0.15) is 23.9 Å². The van der Waals surface area contributed by atoms with E-state index in [1.54, 1.807) is 19.1 Å². The minimum absolute atomic E-state index is 0.205. The maximum Gasteiger partial charge on any atom is 0.294 e. The molecule has 0 aliphatic rings. The highest BCUT2D eigenvalue weighted by Crippen LogP contribution is 2.29. The number of halogens is 2. The fourth-order valence-corrected chi connectivity index (χ4v) is 3.76. The van der Waals surface area contributed by atoms with E-state index in [0.29, 0.717) is 26.7 Å². The first-order valence-corrected chi connectivity index (χ1v) is 9.42. The largest absolute Gasteiger partial charge is 0.324 e. The lowest BCUT2D eigenvalue weighted by atomic mass is 10.1. The lowest BCUT2D eigenvalue weighted by Gasteiger charge is -2.09. The second-order valence-electron chi connectivity index (χ2n) is 6.28. The quantitative estimate of drug-likeness (QED) is 0.554. The molecule has 0 unspecified atom stereocenters. The summed E-state index contributed by atoms with van der Waals surface area (Å²) in [5, 5.41) is 7.61. The average Bonchev–Trinajstić information content (AvgIpc) is 3.09. The monoisotopic (exact) mass is 412 g/mol. The van der Waals surface area contributed by atoms with Crippen LogP contribution in [0.15, 0.2) is 53.3 Å². The molecular weight excluding hydrogens is 398 g/mol. The van der Waals surface area contributed by atoms with Gasteiger partial charge in [-0.1, -0.05) is 0 Å². The third-order valence-corrected chi connectivity index (χ3v) is 5.12. The number of carbonyl (C=O) groups excluding carboxylic acids is 1. The third-order valence-electron chi connectivity index (χ3n) is 4.15. The topological polar surface area (TPSA) is 76.9 Å². The Labute approximate surface area is 167 Å². The molecule has 0 aliphatic heterocycles. The van der Waals surface area contributed by atoms with Crippen LogP contribution in [-0.4, -0.2) is 20.7 Å². The summed E-state index contributed by atoms with van der Waals surface area (Å²) in [6.07, 6.45) is 0. The number of benzene rings is 2. The second-order valence-corrected chi connectivity index (χ2v) is 7.49. The van der Waals surface area contributed by atoms with Gasteiger partial charge in [-0.2, -0.15) is 5.10 Å². The first-order chi connectivity index (χ1) is 13.9. The number of hydrogen-bond acceptors (Lipinski definition) is 5. The Morgan fingerprint density at radius 2 is 1.69 bits per heavy atom. The molecule has 4 aromatic rings. The van der Waals surface area contributed by atoms with Crippen molar-refractivity contribution in [2.24, 2.45) is 0 Å². The van der Waals surface area contributed by atoms with Crippen LogP contribution in [0.3, 0.4) is 0 Å². The zero-order chi connectivity index (χ0) is 20.5. The van der Waals surface area contributed by atoms with E-state index in [1.807, 2.05) is 0 Å². The van der Waals surface area contributed by atoms with Crippen LogP contribution in [0.1, 0.15) is 5.01 Å². The van der Waals surface area contributed by atoms with Crippen LogP contribution in [0.4, 0.5) is 14.5 Å². The first-order valence-electron chi connectivity index (χ1n) is 8.60. The molecule has 0 spiro atoms. The number of fused-ring (bicyclic) bond motifs is 1. The highest BCUT2D eigenvalue weighted by atomic mass is 32.1. The Morgan fingerprint density at radius 1 is 1.07 bits per heavy atom. The molecule has 0 aliphatic carbocycles. The minimum atomic E-state index is -0.498. The van der Waals surface area contributed by atoms with E-state index in [0.717, 1.165) is 4.68 Å². The second kappa shape index (κ2) is 7.51. The van der Waals surface area contributed by atoms with E-state index < -0.39 is 23.1 Å². The SMILES string of the molecule is Cc1nc2c(=O)n(CC(=O)Nc3ccc(F)cc3)nc(-c3ccc(F)cc3)c2s1. The zero-order valence-corrected chi connectivity index (χ0v) is 16.0. The van der Waals surface area contributed by atoms with Crippen molar-refractivity contribution in [3.8, 4) is 11.3 Å². The van der Waals surface area contributed by atoms with E-state index >= 15 is 0 Å². The van der Waals surface area contributed by atoms with Crippen LogP contribution in [0, 0.1) is 18.6 Å².